The minimum absolute atomic E-state index is 0.619. The van der Waals surface area contributed by atoms with Gasteiger partial charge in [-0.05, 0) is 41.5 Å². The zero-order valence-electron chi connectivity index (χ0n) is 17.4. The number of carbonyl (C=O) groups is 4. The fraction of sp³-hybridized carbons (Fsp3) is 0.765. The van der Waals surface area contributed by atoms with Crippen molar-refractivity contribution in [1.82, 2.24) is 16.0 Å². The van der Waals surface area contributed by atoms with Crippen molar-refractivity contribution in [3.05, 3.63) is 0 Å². The predicted molar refractivity (Wildman–Crippen MR) is 95.7 cm³/mol. The molecular formula is C17H28F3N3O6. The molecule has 3 atom stereocenters. The van der Waals surface area contributed by atoms with Gasteiger partial charge < -0.3 is 25.4 Å². The fourth-order valence-electron chi connectivity index (χ4n) is 1.99. The highest BCUT2D eigenvalue weighted by Gasteiger charge is 2.53. The Balaban J connectivity index is 5.18. The highest BCUT2D eigenvalue weighted by molar-refractivity contribution is 5.88. The maximum Gasteiger partial charge on any atom is 0.411 e. The van der Waals surface area contributed by atoms with Crippen LogP contribution in [-0.2, 0) is 23.9 Å². The smallest absolute Gasteiger partial charge is 0.411 e. The lowest BCUT2D eigenvalue weighted by Gasteiger charge is -2.33. The number of methoxy groups -OCH3 is 1. The number of rotatable bonds is 7. The molecule has 168 valence electrons. The van der Waals surface area contributed by atoms with Gasteiger partial charge >= 0.3 is 18.2 Å². The number of amides is 3. The van der Waals surface area contributed by atoms with Crippen molar-refractivity contribution in [2.24, 2.45) is 0 Å². The number of hydrogen-bond acceptors (Lipinski definition) is 6. The van der Waals surface area contributed by atoms with Gasteiger partial charge in [-0.1, -0.05) is 0 Å². The van der Waals surface area contributed by atoms with Crippen molar-refractivity contribution < 1.29 is 41.8 Å². The number of carbonyl (C=O) groups excluding carboxylic acids is 4. The molecule has 0 rings (SSSR count). The first-order chi connectivity index (χ1) is 12.9. The maximum absolute atomic E-state index is 13.5. The van der Waals surface area contributed by atoms with E-state index in [4.69, 9.17) is 4.74 Å². The summed E-state index contributed by atoms with van der Waals surface area (Å²) in [7, 11) is 1.06. The van der Waals surface area contributed by atoms with Gasteiger partial charge in [-0.2, -0.15) is 13.2 Å². The monoisotopic (exact) mass is 427 g/mol. The maximum atomic E-state index is 13.5. The molecule has 0 unspecified atom stereocenters. The molecule has 0 radical (unpaired) electrons. The predicted octanol–water partition coefficient (Wildman–Crippen LogP) is 1.40. The number of esters is 1. The van der Waals surface area contributed by atoms with E-state index >= 15 is 0 Å². The van der Waals surface area contributed by atoms with Crippen LogP contribution >= 0.6 is 0 Å². The van der Waals surface area contributed by atoms with Gasteiger partial charge in [0.25, 0.3) is 0 Å². The van der Waals surface area contributed by atoms with Gasteiger partial charge in [-0.25, -0.2) is 9.59 Å². The molecule has 3 N–H and O–H groups in total. The molecule has 0 spiro atoms. The van der Waals surface area contributed by atoms with E-state index in [-0.39, 0.29) is 0 Å². The first kappa shape index (κ1) is 26.5. The lowest BCUT2D eigenvalue weighted by atomic mass is 9.95. The van der Waals surface area contributed by atoms with Crippen LogP contribution in [0.2, 0.25) is 0 Å². The number of alkyl halides is 3. The van der Waals surface area contributed by atoms with Crippen LogP contribution in [-0.4, -0.2) is 60.4 Å². The van der Waals surface area contributed by atoms with Crippen LogP contribution in [0.5, 0.6) is 0 Å². The zero-order chi connectivity index (χ0) is 23.2. The summed E-state index contributed by atoms with van der Waals surface area (Å²) in [5.41, 5.74) is -3.82. The van der Waals surface area contributed by atoms with E-state index in [0.717, 1.165) is 14.0 Å². The molecule has 0 aromatic heterocycles. The molecule has 0 aliphatic rings. The molecule has 0 aromatic rings. The van der Waals surface area contributed by atoms with Crippen molar-refractivity contribution >= 4 is 23.9 Å². The van der Waals surface area contributed by atoms with Gasteiger partial charge in [-0.15, -0.1) is 0 Å². The van der Waals surface area contributed by atoms with E-state index in [9.17, 15) is 32.3 Å². The van der Waals surface area contributed by atoms with E-state index in [1.807, 2.05) is 0 Å². The summed E-state index contributed by atoms with van der Waals surface area (Å²) >= 11 is 0. The summed E-state index contributed by atoms with van der Waals surface area (Å²) < 4.78 is 49.9. The Morgan fingerprint density at radius 1 is 0.931 bits per heavy atom. The van der Waals surface area contributed by atoms with Gasteiger partial charge in [0, 0.05) is 0 Å². The van der Waals surface area contributed by atoms with E-state index in [1.54, 1.807) is 26.1 Å². The number of ether oxygens (including phenoxy) is 2. The summed E-state index contributed by atoms with van der Waals surface area (Å²) in [5, 5.41) is 5.92. The van der Waals surface area contributed by atoms with Crippen LogP contribution < -0.4 is 16.0 Å². The van der Waals surface area contributed by atoms with Crippen LogP contribution in [0.25, 0.3) is 0 Å². The van der Waals surface area contributed by atoms with Gasteiger partial charge in [-0.3, -0.25) is 9.59 Å². The van der Waals surface area contributed by atoms with Crippen molar-refractivity contribution in [2.45, 2.75) is 77.4 Å². The summed E-state index contributed by atoms with van der Waals surface area (Å²) in [4.78, 5) is 47.1. The quantitative estimate of drug-likeness (QED) is 0.528. The number of halogens is 3. The van der Waals surface area contributed by atoms with E-state index in [2.05, 4.69) is 15.4 Å². The third kappa shape index (κ3) is 9.01. The molecule has 0 fully saturated rings. The Bertz CT molecular complexity index is 633. The molecule has 3 amide bonds. The van der Waals surface area contributed by atoms with Crippen molar-refractivity contribution in [3.8, 4) is 0 Å². The third-order valence-corrected chi connectivity index (χ3v) is 3.60. The average Bonchev–Trinajstić information content (AvgIpc) is 2.50. The van der Waals surface area contributed by atoms with Crippen LogP contribution in [0.3, 0.4) is 0 Å². The van der Waals surface area contributed by atoms with Gasteiger partial charge in [0.15, 0.2) is 0 Å². The highest BCUT2D eigenvalue weighted by Crippen LogP contribution is 2.33. The van der Waals surface area contributed by atoms with Crippen LogP contribution in [0.15, 0.2) is 0 Å². The average molecular weight is 427 g/mol. The van der Waals surface area contributed by atoms with E-state index in [0.29, 0.717) is 6.92 Å². The molecule has 29 heavy (non-hydrogen) atoms. The molecule has 0 aromatic carbocycles. The van der Waals surface area contributed by atoms with E-state index < -0.39 is 59.7 Å². The van der Waals surface area contributed by atoms with Crippen LogP contribution in [0.4, 0.5) is 18.0 Å². The molecule has 12 heteroatoms. The third-order valence-electron chi connectivity index (χ3n) is 3.60. The van der Waals surface area contributed by atoms with Crippen molar-refractivity contribution in [2.75, 3.05) is 7.11 Å². The second-order valence-electron chi connectivity index (χ2n) is 7.68. The largest absolute Gasteiger partial charge is 0.467 e. The molecule has 9 nitrogen and oxygen atoms in total. The lowest BCUT2D eigenvalue weighted by Crippen LogP contribution is -2.62. The Hall–Kier alpha value is -2.53. The normalized spacial score (nSPS) is 15.9. The number of hydrogen-bond donors (Lipinski definition) is 3. The minimum Gasteiger partial charge on any atom is -0.467 e. The summed E-state index contributed by atoms with van der Waals surface area (Å²) in [6, 6.07) is -2.54. The second kappa shape index (κ2) is 9.79. The number of nitrogens with one attached hydrogen (secondary N) is 3. The first-order valence-electron chi connectivity index (χ1n) is 8.67. The summed E-state index contributed by atoms with van der Waals surface area (Å²) in [5.74, 6) is -3.15. The number of alkyl carbamates (subject to hydrolysis) is 1. The van der Waals surface area contributed by atoms with Gasteiger partial charge in [0.1, 0.15) is 23.2 Å². The van der Waals surface area contributed by atoms with Crippen LogP contribution in [0.1, 0.15) is 48.0 Å². The molecule has 0 heterocycles. The minimum atomic E-state index is -5.00. The summed E-state index contributed by atoms with van der Waals surface area (Å²) in [6.45, 7) is 7.74. The lowest BCUT2D eigenvalue weighted by molar-refractivity contribution is -0.196. The van der Waals surface area contributed by atoms with Crippen molar-refractivity contribution in [3.63, 3.8) is 0 Å². The fourth-order valence-corrected chi connectivity index (χ4v) is 1.99. The molecule has 0 aliphatic carbocycles. The molecule has 0 saturated heterocycles. The Morgan fingerprint density at radius 3 is 1.86 bits per heavy atom. The Labute approximate surface area is 167 Å². The Morgan fingerprint density at radius 2 is 1.45 bits per heavy atom. The highest BCUT2D eigenvalue weighted by atomic mass is 19.4. The standard InChI is InChI=1S/C17H28F3N3O6/c1-9(22-14(27)29-15(3,4)5)12(25)23-16(6,17(18,19)20)8-11(24)21-10(2)13(26)28-7/h9-10H,8H2,1-7H3,(H,21,24)(H,22,27)(H,23,25)/t9-,10-,16+/m0/s1. The van der Waals surface area contributed by atoms with E-state index in [1.165, 1.54) is 6.92 Å². The summed E-state index contributed by atoms with van der Waals surface area (Å²) in [6.07, 6.45) is -7.18. The van der Waals surface area contributed by atoms with Gasteiger partial charge in [0.2, 0.25) is 11.8 Å². The Kier molecular flexibility index (Phi) is 8.94. The SMILES string of the molecule is COC(=O)[C@H](C)NC(=O)C[C@@](C)(NC(=O)[C@H](C)NC(=O)OC(C)(C)C)C(F)(F)F. The molecular weight excluding hydrogens is 399 g/mol. The van der Waals surface area contributed by atoms with Crippen LogP contribution in [0, 0.1) is 0 Å². The van der Waals surface area contributed by atoms with Gasteiger partial charge in [0.05, 0.1) is 13.5 Å². The van der Waals surface area contributed by atoms with Crippen molar-refractivity contribution in [1.29, 1.82) is 0 Å². The second-order valence-corrected chi connectivity index (χ2v) is 7.68. The first-order valence-corrected chi connectivity index (χ1v) is 8.67. The molecule has 0 saturated carbocycles. The topological polar surface area (TPSA) is 123 Å². The zero-order valence-corrected chi connectivity index (χ0v) is 17.4. The molecule has 0 aliphatic heterocycles. The molecule has 0 bridgehead atoms.